The molecule has 3 heteroatoms. The lowest BCUT2D eigenvalue weighted by Gasteiger charge is -1.98. The topological polar surface area (TPSA) is 30.7 Å². The van der Waals surface area contributed by atoms with E-state index < -0.39 is 0 Å². The van der Waals surface area contributed by atoms with E-state index in [0.717, 1.165) is 22.0 Å². The lowest BCUT2D eigenvalue weighted by molar-refractivity contribution is 0.767. The van der Waals surface area contributed by atoms with Crippen molar-refractivity contribution in [3.05, 3.63) is 60.0 Å². The van der Waals surface area contributed by atoms with Gasteiger partial charge in [-0.15, -0.1) is 0 Å². The second kappa shape index (κ2) is 4.34. The molecular weight excluding hydrogens is 222 g/mol. The third-order valence-corrected chi connectivity index (χ3v) is 2.70. The maximum Gasteiger partial charge on any atom is 0.0714 e. The highest BCUT2D eigenvalue weighted by atomic mass is 15.2. The van der Waals surface area contributed by atoms with Crippen molar-refractivity contribution in [2.75, 3.05) is 0 Å². The maximum absolute atomic E-state index is 4.32. The van der Waals surface area contributed by atoms with Crippen LogP contribution in [0.15, 0.2) is 48.9 Å². The van der Waals surface area contributed by atoms with Crippen LogP contribution in [0.1, 0.15) is 11.1 Å². The number of aromatic nitrogens is 3. The van der Waals surface area contributed by atoms with Crippen molar-refractivity contribution in [2.45, 2.75) is 0 Å². The Hall–Kier alpha value is -2.60. The highest BCUT2D eigenvalue weighted by Gasteiger charge is 1.97. The van der Waals surface area contributed by atoms with Gasteiger partial charge in [0.05, 0.1) is 17.3 Å². The second-order valence-electron chi connectivity index (χ2n) is 4.03. The first-order valence-corrected chi connectivity index (χ1v) is 5.67. The van der Waals surface area contributed by atoms with Crippen LogP contribution in [-0.4, -0.2) is 14.8 Å². The molecule has 0 aliphatic heterocycles. The standard InChI is InChI=1S/C15H11N3/c1-18-11-12(10-17-18)6-7-13-8-9-16-15-5-3-2-4-14(13)15/h2-5,8-11H,1H3. The van der Waals surface area contributed by atoms with E-state index in [-0.39, 0.29) is 0 Å². The lowest BCUT2D eigenvalue weighted by atomic mass is 10.1. The normalized spacial score (nSPS) is 10.1. The van der Waals surface area contributed by atoms with Crippen LogP contribution < -0.4 is 0 Å². The number of aryl methyl sites for hydroxylation is 1. The molecule has 0 N–H and O–H groups in total. The molecular formula is C15H11N3. The predicted octanol–water partition coefficient (Wildman–Crippen LogP) is 2.37. The number of rotatable bonds is 0. The highest BCUT2D eigenvalue weighted by Crippen LogP contribution is 2.14. The number of hydrogen-bond donors (Lipinski definition) is 0. The second-order valence-corrected chi connectivity index (χ2v) is 4.03. The third kappa shape index (κ3) is 1.96. The minimum absolute atomic E-state index is 0.915. The van der Waals surface area contributed by atoms with Crippen LogP contribution in [0.5, 0.6) is 0 Å². The number of para-hydroxylation sites is 1. The molecule has 0 saturated carbocycles. The zero-order valence-corrected chi connectivity index (χ0v) is 9.96. The van der Waals surface area contributed by atoms with Gasteiger partial charge in [0.1, 0.15) is 0 Å². The Balaban J connectivity index is 2.08. The monoisotopic (exact) mass is 233 g/mol. The molecule has 86 valence electrons. The van der Waals surface area contributed by atoms with Crippen molar-refractivity contribution in [1.82, 2.24) is 14.8 Å². The van der Waals surface area contributed by atoms with Crippen LogP contribution in [0.4, 0.5) is 0 Å². The molecule has 0 spiro atoms. The Labute approximate surface area is 105 Å². The molecule has 0 atom stereocenters. The van der Waals surface area contributed by atoms with Crippen molar-refractivity contribution in [2.24, 2.45) is 7.05 Å². The SMILES string of the molecule is Cn1cc(C#Cc2ccnc3ccccc23)cn1. The van der Waals surface area contributed by atoms with Gasteiger partial charge in [0.2, 0.25) is 0 Å². The first-order chi connectivity index (χ1) is 8.83. The largest absolute Gasteiger partial charge is 0.275 e. The summed E-state index contributed by atoms with van der Waals surface area (Å²) in [6, 6.07) is 9.94. The molecule has 0 aliphatic rings. The van der Waals surface area contributed by atoms with Gasteiger partial charge in [0.15, 0.2) is 0 Å². The number of benzene rings is 1. The number of nitrogens with zero attached hydrogens (tertiary/aromatic N) is 3. The summed E-state index contributed by atoms with van der Waals surface area (Å²) in [7, 11) is 1.88. The van der Waals surface area contributed by atoms with Crippen LogP contribution in [0.2, 0.25) is 0 Å². The highest BCUT2D eigenvalue weighted by molar-refractivity contribution is 5.84. The molecule has 3 nitrogen and oxygen atoms in total. The molecule has 0 radical (unpaired) electrons. The third-order valence-electron chi connectivity index (χ3n) is 2.70. The molecule has 1 aromatic carbocycles. The molecule has 0 amide bonds. The number of hydrogen-bond acceptors (Lipinski definition) is 2. The van der Waals surface area contributed by atoms with Crippen LogP contribution in [-0.2, 0) is 7.05 Å². The van der Waals surface area contributed by atoms with E-state index in [0.29, 0.717) is 0 Å². The van der Waals surface area contributed by atoms with Gasteiger partial charge < -0.3 is 0 Å². The van der Waals surface area contributed by atoms with Gasteiger partial charge in [-0.25, -0.2) is 0 Å². The van der Waals surface area contributed by atoms with Gasteiger partial charge in [-0.3, -0.25) is 9.67 Å². The smallest absolute Gasteiger partial charge is 0.0714 e. The summed E-state index contributed by atoms with van der Waals surface area (Å²) in [6.07, 6.45) is 5.45. The van der Waals surface area contributed by atoms with E-state index in [9.17, 15) is 0 Å². The number of fused-ring (bicyclic) bond motifs is 1. The van der Waals surface area contributed by atoms with Crippen molar-refractivity contribution in [3.63, 3.8) is 0 Å². The van der Waals surface area contributed by atoms with E-state index in [1.54, 1.807) is 17.1 Å². The van der Waals surface area contributed by atoms with Gasteiger partial charge >= 0.3 is 0 Å². The number of pyridine rings is 1. The Morgan fingerprint density at radius 3 is 2.83 bits per heavy atom. The summed E-state index contributed by atoms with van der Waals surface area (Å²) < 4.78 is 1.74. The van der Waals surface area contributed by atoms with Crippen LogP contribution in [0.3, 0.4) is 0 Å². The van der Waals surface area contributed by atoms with Gasteiger partial charge in [-0.05, 0) is 12.1 Å². The lowest BCUT2D eigenvalue weighted by Crippen LogP contribution is -1.84. The molecule has 18 heavy (non-hydrogen) atoms. The van der Waals surface area contributed by atoms with Crippen molar-refractivity contribution >= 4 is 10.9 Å². The minimum atomic E-state index is 0.915. The molecule has 3 rings (SSSR count). The quantitative estimate of drug-likeness (QED) is 0.558. The molecule has 0 fully saturated rings. The van der Waals surface area contributed by atoms with E-state index >= 15 is 0 Å². The Kier molecular flexibility index (Phi) is 2.54. The average Bonchev–Trinajstić information content (AvgIpc) is 2.82. The molecule has 3 aromatic rings. The van der Waals surface area contributed by atoms with E-state index in [1.807, 2.05) is 43.6 Å². The molecule has 0 saturated heterocycles. The zero-order chi connectivity index (χ0) is 12.4. The predicted molar refractivity (Wildman–Crippen MR) is 70.9 cm³/mol. The van der Waals surface area contributed by atoms with E-state index in [1.165, 1.54) is 0 Å². The average molecular weight is 233 g/mol. The fourth-order valence-corrected chi connectivity index (χ4v) is 1.83. The Morgan fingerprint density at radius 1 is 1.11 bits per heavy atom. The molecule has 0 aliphatic carbocycles. The first-order valence-electron chi connectivity index (χ1n) is 5.67. The van der Waals surface area contributed by atoms with Crippen molar-refractivity contribution in [3.8, 4) is 11.8 Å². The summed E-state index contributed by atoms with van der Waals surface area (Å²) >= 11 is 0. The van der Waals surface area contributed by atoms with Gasteiger partial charge in [-0.2, -0.15) is 5.10 Å². The Morgan fingerprint density at radius 2 is 2.00 bits per heavy atom. The Bertz CT molecular complexity index is 754. The zero-order valence-electron chi connectivity index (χ0n) is 9.96. The van der Waals surface area contributed by atoms with Gasteiger partial charge in [0.25, 0.3) is 0 Å². The van der Waals surface area contributed by atoms with Crippen LogP contribution in [0, 0.1) is 11.8 Å². The van der Waals surface area contributed by atoms with E-state index in [2.05, 4.69) is 21.9 Å². The van der Waals surface area contributed by atoms with E-state index in [4.69, 9.17) is 0 Å². The summed E-state index contributed by atoms with van der Waals surface area (Å²) in [5, 5.41) is 5.17. The molecule has 2 aromatic heterocycles. The van der Waals surface area contributed by atoms with Crippen LogP contribution in [0.25, 0.3) is 10.9 Å². The maximum atomic E-state index is 4.32. The fraction of sp³-hybridized carbons (Fsp3) is 0.0667. The summed E-state index contributed by atoms with van der Waals surface area (Å²) in [4.78, 5) is 4.32. The first kappa shape index (κ1) is 10.5. The molecule has 0 unspecified atom stereocenters. The van der Waals surface area contributed by atoms with Crippen molar-refractivity contribution < 1.29 is 0 Å². The summed E-state index contributed by atoms with van der Waals surface area (Å²) in [6.45, 7) is 0. The summed E-state index contributed by atoms with van der Waals surface area (Å²) in [5.74, 6) is 6.29. The molecule has 0 bridgehead atoms. The fourth-order valence-electron chi connectivity index (χ4n) is 1.83. The van der Waals surface area contributed by atoms with Crippen LogP contribution >= 0.6 is 0 Å². The van der Waals surface area contributed by atoms with Crippen molar-refractivity contribution in [1.29, 1.82) is 0 Å². The summed E-state index contributed by atoms with van der Waals surface area (Å²) in [5.41, 5.74) is 2.87. The van der Waals surface area contributed by atoms with Gasteiger partial charge in [0, 0.05) is 30.4 Å². The minimum Gasteiger partial charge on any atom is -0.275 e. The molecule has 2 heterocycles. The van der Waals surface area contributed by atoms with Gasteiger partial charge in [-0.1, -0.05) is 30.0 Å².